The molecule has 0 aliphatic carbocycles. The van der Waals surface area contributed by atoms with E-state index in [1.54, 1.807) is 6.34 Å². The van der Waals surface area contributed by atoms with E-state index < -0.39 is 0 Å². The Kier molecular flexibility index (Phi) is 4.19. The van der Waals surface area contributed by atoms with E-state index in [0.717, 1.165) is 32.6 Å². The van der Waals surface area contributed by atoms with Crippen LogP contribution in [0.1, 0.15) is 13.3 Å². The van der Waals surface area contributed by atoms with Gasteiger partial charge in [0.15, 0.2) is 0 Å². The molecule has 0 saturated heterocycles. The highest BCUT2D eigenvalue weighted by Gasteiger charge is 1.98. The van der Waals surface area contributed by atoms with Crippen molar-refractivity contribution in [3.8, 4) is 0 Å². The zero-order valence-corrected chi connectivity index (χ0v) is 7.51. The molecule has 0 saturated carbocycles. The SMILES string of the molecule is C1=NCCN1.CCC1=NCCN1. The summed E-state index contributed by atoms with van der Waals surface area (Å²) in [4.78, 5) is 8.01. The average molecular weight is 168 g/mol. The number of aliphatic imine (C=N–C) groups is 2. The minimum Gasteiger partial charge on any atom is -0.375 e. The van der Waals surface area contributed by atoms with Crippen LogP contribution in [0.15, 0.2) is 9.98 Å². The van der Waals surface area contributed by atoms with Gasteiger partial charge in [0.1, 0.15) is 0 Å². The van der Waals surface area contributed by atoms with Crippen LogP contribution in [0.5, 0.6) is 0 Å². The van der Waals surface area contributed by atoms with Crippen molar-refractivity contribution in [3.05, 3.63) is 0 Å². The van der Waals surface area contributed by atoms with Gasteiger partial charge in [-0.25, -0.2) is 0 Å². The smallest absolute Gasteiger partial charge is 0.0961 e. The summed E-state index contributed by atoms with van der Waals surface area (Å²) in [5.74, 6) is 1.17. The van der Waals surface area contributed by atoms with Crippen LogP contribution in [0.25, 0.3) is 0 Å². The number of nitrogens with one attached hydrogen (secondary N) is 2. The Morgan fingerprint density at radius 2 is 2.33 bits per heavy atom. The monoisotopic (exact) mass is 168 g/mol. The van der Waals surface area contributed by atoms with E-state index in [2.05, 4.69) is 27.5 Å². The maximum atomic E-state index is 4.16. The van der Waals surface area contributed by atoms with Crippen molar-refractivity contribution in [2.75, 3.05) is 26.2 Å². The van der Waals surface area contributed by atoms with Crippen LogP contribution in [-0.4, -0.2) is 38.4 Å². The predicted octanol–water partition coefficient (Wildman–Crippen LogP) is 0.0160. The first-order valence-corrected chi connectivity index (χ1v) is 4.42. The fourth-order valence-electron chi connectivity index (χ4n) is 1.01. The van der Waals surface area contributed by atoms with Gasteiger partial charge in [-0.2, -0.15) is 0 Å². The van der Waals surface area contributed by atoms with Crippen LogP contribution in [0.3, 0.4) is 0 Å². The predicted molar refractivity (Wildman–Crippen MR) is 52.0 cm³/mol. The molecular weight excluding hydrogens is 152 g/mol. The molecule has 0 amide bonds. The zero-order valence-electron chi connectivity index (χ0n) is 7.51. The first kappa shape index (κ1) is 9.03. The highest BCUT2D eigenvalue weighted by molar-refractivity contribution is 5.83. The summed E-state index contributed by atoms with van der Waals surface area (Å²) in [5, 5.41) is 6.09. The van der Waals surface area contributed by atoms with Gasteiger partial charge in [0.25, 0.3) is 0 Å². The third-order valence-corrected chi connectivity index (χ3v) is 1.65. The van der Waals surface area contributed by atoms with Gasteiger partial charge in [-0.05, 0) is 0 Å². The van der Waals surface area contributed by atoms with Gasteiger partial charge in [0, 0.05) is 19.5 Å². The highest BCUT2D eigenvalue weighted by atomic mass is 15.1. The molecule has 2 heterocycles. The number of rotatable bonds is 1. The summed E-state index contributed by atoms with van der Waals surface area (Å²) in [6, 6.07) is 0. The first-order chi connectivity index (χ1) is 5.93. The second kappa shape index (κ2) is 5.57. The van der Waals surface area contributed by atoms with Crippen molar-refractivity contribution in [2.45, 2.75) is 13.3 Å². The van der Waals surface area contributed by atoms with E-state index >= 15 is 0 Å². The molecular formula is C8H16N4. The molecule has 0 fully saturated rings. The van der Waals surface area contributed by atoms with E-state index in [-0.39, 0.29) is 0 Å². The maximum Gasteiger partial charge on any atom is 0.0961 e. The number of amidine groups is 1. The molecule has 2 N–H and O–H groups in total. The standard InChI is InChI=1S/C5H10N2.C3H6N2/c1-2-5-6-3-4-7-5;1-2-5-3-4-1/h2-4H2,1H3,(H,6,7);3H,1-2H2,(H,4,5). The van der Waals surface area contributed by atoms with Crippen molar-refractivity contribution >= 4 is 12.2 Å². The summed E-state index contributed by atoms with van der Waals surface area (Å²) in [6.45, 7) is 6.11. The second-order valence-electron chi connectivity index (χ2n) is 2.60. The van der Waals surface area contributed by atoms with Crippen molar-refractivity contribution in [2.24, 2.45) is 9.98 Å². The van der Waals surface area contributed by atoms with E-state index in [4.69, 9.17) is 0 Å². The number of nitrogens with zero attached hydrogens (tertiary/aromatic N) is 2. The fraction of sp³-hybridized carbons (Fsp3) is 0.750. The lowest BCUT2D eigenvalue weighted by molar-refractivity contribution is 0.951. The van der Waals surface area contributed by atoms with Gasteiger partial charge in [-0.15, -0.1) is 0 Å². The van der Waals surface area contributed by atoms with Gasteiger partial charge in [-0.1, -0.05) is 6.92 Å². The Balaban J connectivity index is 0.000000127. The Labute approximate surface area is 73.2 Å². The summed E-state index contributed by atoms with van der Waals surface area (Å²) in [7, 11) is 0. The molecule has 0 radical (unpaired) electrons. The molecule has 0 atom stereocenters. The molecule has 0 aromatic rings. The lowest BCUT2D eigenvalue weighted by Crippen LogP contribution is -2.16. The molecule has 0 aromatic heterocycles. The molecule has 0 aromatic carbocycles. The Hall–Kier alpha value is -1.06. The van der Waals surface area contributed by atoms with Crippen molar-refractivity contribution < 1.29 is 0 Å². The highest BCUT2D eigenvalue weighted by Crippen LogP contribution is 1.87. The molecule has 2 rings (SSSR count). The Bertz CT molecular complexity index is 168. The molecule has 0 spiro atoms. The van der Waals surface area contributed by atoms with Crippen molar-refractivity contribution in [3.63, 3.8) is 0 Å². The number of hydrogen-bond donors (Lipinski definition) is 2. The van der Waals surface area contributed by atoms with Gasteiger partial charge >= 0.3 is 0 Å². The molecule has 0 bridgehead atoms. The molecule has 2 aliphatic heterocycles. The van der Waals surface area contributed by atoms with Crippen LogP contribution in [0.2, 0.25) is 0 Å². The van der Waals surface area contributed by atoms with Gasteiger partial charge in [0.05, 0.1) is 25.3 Å². The zero-order chi connectivity index (χ0) is 8.65. The molecule has 4 nitrogen and oxygen atoms in total. The normalized spacial score (nSPS) is 18.9. The Morgan fingerprint density at radius 3 is 2.58 bits per heavy atom. The summed E-state index contributed by atoms with van der Waals surface area (Å²) < 4.78 is 0. The summed E-state index contributed by atoms with van der Waals surface area (Å²) in [5.41, 5.74) is 0. The third kappa shape index (κ3) is 3.37. The third-order valence-electron chi connectivity index (χ3n) is 1.65. The van der Waals surface area contributed by atoms with Crippen LogP contribution in [0, 0.1) is 0 Å². The molecule has 0 unspecified atom stereocenters. The quantitative estimate of drug-likeness (QED) is 0.579. The molecule has 12 heavy (non-hydrogen) atoms. The first-order valence-electron chi connectivity index (χ1n) is 4.42. The van der Waals surface area contributed by atoms with E-state index in [1.165, 1.54) is 5.84 Å². The van der Waals surface area contributed by atoms with E-state index in [1.807, 2.05) is 0 Å². The lowest BCUT2D eigenvalue weighted by atomic mass is 10.4. The largest absolute Gasteiger partial charge is 0.375 e. The lowest BCUT2D eigenvalue weighted by Gasteiger charge is -1.91. The maximum absolute atomic E-state index is 4.16. The summed E-state index contributed by atoms with van der Waals surface area (Å²) in [6.07, 6.45) is 2.79. The van der Waals surface area contributed by atoms with Gasteiger partial charge in [0.2, 0.25) is 0 Å². The molecule has 2 aliphatic rings. The van der Waals surface area contributed by atoms with Crippen LogP contribution in [0.4, 0.5) is 0 Å². The topological polar surface area (TPSA) is 48.8 Å². The summed E-state index contributed by atoms with van der Waals surface area (Å²) >= 11 is 0. The molecule has 4 heteroatoms. The van der Waals surface area contributed by atoms with E-state index in [9.17, 15) is 0 Å². The van der Waals surface area contributed by atoms with Crippen LogP contribution < -0.4 is 10.6 Å². The van der Waals surface area contributed by atoms with Gasteiger partial charge in [-0.3, -0.25) is 9.98 Å². The molecule has 68 valence electrons. The van der Waals surface area contributed by atoms with Crippen LogP contribution in [-0.2, 0) is 0 Å². The minimum absolute atomic E-state index is 0.958. The Morgan fingerprint density at radius 1 is 1.42 bits per heavy atom. The fourth-order valence-corrected chi connectivity index (χ4v) is 1.01. The van der Waals surface area contributed by atoms with Crippen molar-refractivity contribution in [1.82, 2.24) is 10.6 Å². The van der Waals surface area contributed by atoms with Crippen molar-refractivity contribution in [1.29, 1.82) is 0 Å². The number of hydrogen-bond acceptors (Lipinski definition) is 4. The van der Waals surface area contributed by atoms with Crippen LogP contribution >= 0.6 is 0 Å². The van der Waals surface area contributed by atoms with Gasteiger partial charge < -0.3 is 10.6 Å². The second-order valence-corrected chi connectivity index (χ2v) is 2.60. The average Bonchev–Trinajstić information content (AvgIpc) is 2.81. The minimum atomic E-state index is 0.958. The van der Waals surface area contributed by atoms with E-state index in [0.29, 0.717) is 0 Å².